The lowest BCUT2D eigenvalue weighted by Crippen LogP contribution is -2.07. The van der Waals surface area contributed by atoms with Crippen LogP contribution in [0.3, 0.4) is 0 Å². The van der Waals surface area contributed by atoms with Gasteiger partial charge in [0.25, 0.3) is 0 Å². The number of aromatic carboxylic acids is 1. The second kappa shape index (κ2) is 6.50. The van der Waals surface area contributed by atoms with E-state index in [1.165, 1.54) is 0 Å². The van der Waals surface area contributed by atoms with Crippen molar-refractivity contribution in [3.05, 3.63) is 40.0 Å². The molecule has 1 aromatic carbocycles. The van der Waals surface area contributed by atoms with Gasteiger partial charge in [0.1, 0.15) is 11.3 Å². The number of benzene rings is 1. The van der Waals surface area contributed by atoms with Crippen molar-refractivity contribution in [2.45, 2.75) is 32.7 Å². The number of halogens is 2. The highest BCUT2D eigenvalue weighted by Crippen LogP contribution is 2.30. The number of carboxylic acids is 1. The molecule has 0 saturated carbocycles. The molecular formula is C15H16Cl2N2O2. The number of carbonyl (C=O) groups is 1. The van der Waals surface area contributed by atoms with Crippen LogP contribution in [0.1, 0.15) is 43.1 Å². The lowest BCUT2D eigenvalue weighted by Gasteiger charge is -2.12. The first-order valence-electron chi connectivity index (χ1n) is 6.75. The Bertz CT molecular complexity index is 664. The van der Waals surface area contributed by atoms with Crippen LogP contribution in [0.15, 0.2) is 24.4 Å². The predicted molar refractivity (Wildman–Crippen MR) is 84.3 cm³/mol. The third kappa shape index (κ3) is 3.22. The maximum atomic E-state index is 11.4. The van der Waals surface area contributed by atoms with E-state index in [1.54, 1.807) is 29.1 Å². The second-order valence-electron chi connectivity index (χ2n) is 4.78. The standard InChI is InChI=1S/C15H16Cl2N2O2/c1-3-10(4-2)19-8-11(15(20)21)14(18-19)9-5-6-12(16)13(17)7-9/h5-8,10H,3-4H2,1-2H3,(H,20,21). The summed E-state index contributed by atoms with van der Waals surface area (Å²) in [6.07, 6.45) is 3.36. The first kappa shape index (κ1) is 15.9. The van der Waals surface area contributed by atoms with Crippen molar-refractivity contribution >= 4 is 29.2 Å². The molecule has 1 aromatic heterocycles. The van der Waals surface area contributed by atoms with Crippen LogP contribution in [0.2, 0.25) is 10.0 Å². The number of hydrogen-bond acceptors (Lipinski definition) is 2. The Morgan fingerprint density at radius 2 is 1.95 bits per heavy atom. The molecule has 2 rings (SSSR count). The fraction of sp³-hybridized carbons (Fsp3) is 0.333. The van der Waals surface area contributed by atoms with E-state index in [1.807, 2.05) is 0 Å². The molecule has 0 aliphatic heterocycles. The van der Waals surface area contributed by atoms with Crippen LogP contribution >= 0.6 is 23.2 Å². The molecule has 6 heteroatoms. The number of rotatable bonds is 5. The highest BCUT2D eigenvalue weighted by Gasteiger charge is 2.20. The van der Waals surface area contributed by atoms with Crippen LogP contribution in [0.25, 0.3) is 11.3 Å². The van der Waals surface area contributed by atoms with Crippen molar-refractivity contribution in [3.63, 3.8) is 0 Å². The van der Waals surface area contributed by atoms with Crippen LogP contribution in [0.5, 0.6) is 0 Å². The van der Waals surface area contributed by atoms with E-state index >= 15 is 0 Å². The third-order valence-corrected chi connectivity index (χ3v) is 4.21. The van der Waals surface area contributed by atoms with Gasteiger partial charge >= 0.3 is 5.97 Å². The first-order chi connectivity index (χ1) is 9.97. The molecule has 1 heterocycles. The van der Waals surface area contributed by atoms with Crippen molar-refractivity contribution in [1.82, 2.24) is 9.78 Å². The van der Waals surface area contributed by atoms with Crippen molar-refractivity contribution in [2.24, 2.45) is 0 Å². The molecular weight excluding hydrogens is 311 g/mol. The number of hydrogen-bond donors (Lipinski definition) is 1. The average Bonchev–Trinajstić information content (AvgIpc) is 2.88. The zero-order valence-electron chi connectivity index (χ0n) is 11.8. The van der Waals surface area contributed by atoms with Crippen molar-refractivity contribution in [2.75, 3.05) is 0 Å². The summed E-state index contributed by atoms with van der Waals surface area (Å²) in [5, 5.41) is 14.6. The van der Waals surface area contributed by atoms with Crippen LogP contribution in [0, 0.1) is 0 Å². The molecule has 0 aliphatic rings. The van der Waals surface area contributed by atoms with Gasteiger partial charge in [0.05, 0.1) is 16.1 Å². The van der Waals surface area contributed by atoms with Gasteiger partial charge in [-0.15, -0.1) is 0 Å². The molecule has 21 heavy (non-hydrogen) atoms. The summed E-state index contributed by atoms with van der Waals surface area (Å²) in [5.41, 5.74) is 1.22. The molecule has 0 unspecified atom stereocenters. The minimum absolute atomic E-state index is 0.167. The van der Waals surface area contributed by atoms with Crippen LogP contribution in [-0.4, -0.2) is 20.9 Å². The fourth-order valence-electron chi connectivity index (χ4n) is 2.25. The van der Waals surface area contributed by atoms with Gasteiger partial charge in [-0.25, -0.2) is 4.79 Å². The Kier molecular flexibility index (Phi) is 4.91. The Labute approximate surface area is 133 Å². The second-order valence-corrected chi connectivity index (χ2v) is 5.59. The van der Waals surface area contributed by atoms with Gasteiger partial charge in [0.2, 0.25) is 0 Å². The van der Waals surface area contributed by atoms with Crippen molar-refractivity contribution in [3.8, 4) is 11.3 Å². The molecule has 1 N–H and O–H groups in total. The van der Waals surface area contributed by atoms with Crippen LogP contribution in [-0.2, 0) is 0 Å². The molecule has 0 fully saturated rings. The zero-order valence-corrected chi connectivity index (χ0v) is 13.3. The van der Waals surface area contributed by atoms with E-state index in [2.05, 4.69) is 18.9 Å². The molecule has 0 bridgehead atoms. The summed E-state index contributed by atoms with van der Waals surface area (Å²) in [6.45, 7) is 4.10. The highest BCUT2D eigenvalue weighted by atomic mass is 35.5. The summed E-state index contributed by atoms with van der Waals surface area (Å²) in [7, 11) is 0. The summed E-state index contributed by atoms with van der Waals surface area (Å²) < 4.78 is 1.72. The molecule has 0 amide bonds. The van der Waals surface area contributed by atoms with E-state index in [-0.39, 0.29) is 11.6 Å². The van der Waals surface area contributed by atoms with Gasteiger partial charge < -0.3 is 5.11 Å². The molecule has 0 saturated heterocycles. The van der Waals surface area contributed by atoms with E-state index in [0.717, 1.165) is 12.8 Å². The molecule has 0 radical (unpaired) electrons. The SMILES string of the molecule is CCC(CC)n1cc(C(=O)O)c(-c2ccc(Cl)c(Cl)c2)n1. The molecule has 4 nitrogen and oxygen atoms in total. The first-order valence-corrected chi connectivity index (χ1v) is 7.51. The zero-order chi connectivity index (χ0) is 15.6. The van der Waals surface area contributed by atoms with E-state index in [9.17, 15) is 9.90 Å². The Balaban J connectivity index is 2.55. The number of nitrogens with zero attached hydrogens (tertiary/aromatic N) is 2. The van der Waals surface area contributed by atoms with Gasteiger partial charge in [0.15, 0.2) is 0 Å². The van der Waals surface area contributed by atoms with Crippen LogP contribution < -0.4 is 0 Å². The summed E-state index contributed by atoms with van der Waals surface area (Å²) in [4.78, 5) is 11.4. The molecule has 0 aliphatic carbocycles. The molecule has 2 aromatic rings. The molecule has 0 spiro atoms. The number of aromatic nitrogens is 2. The van der Waals surface area contributed by atoms with Crippen molar-refractivity contribution in [1.29, 1.82) is 0 Å². The maximum absolute atomic E-state index is 11.4. The lowest BCUT2D eigenvalue weighted by molar-refractivity contribution is 0.0697. The number of carboxylic acid groups (broad SMARTS) is 1. The van der Waals surface area contributed by atoms with E-state index < -0.39 is 5.97 Å². The average molecular weight is 327 g/mol. The largest absolute Gasteiger partial charge is 0.478 e. The lowest BCUT2D eigenvalue weighted by atomic mass is 10.1. The van der Waals surface area contributed by atoms with Gasteiger partial charge in [-0.2, -0.15) is 5.10 Å². The van der Waals surface area contributed by atoms with Gasteiger partial charge in [-0.3, -0.25) is 4.68 Å². The van der Waals surface area contributed by atoms with Gasteiger partial charge in [-0.1, -0.05) is 43.1 Å². The van der Waals surface area contributed by atoms with Crippen molar-refractivity contribution < 1.29 is 9.90 Å². The Hall–Kier alpha value is -1.52. The Morgan fingerprint density at radius 3 is 2.48 bits per heavy atom. The normalized spacial score (nSPS) is 11.1. The minimum Gasteiger partial charge on any atom is -0.478 e. The minimum atomic E-state index is -1.01. The van der Waals surface area contributed by atoms with E-state index in [0.29, 0.717) is 21.3 Å². The maximum Gasteiger partial charge on any atom is 0.339 e. The third-order valence-electron chi connectivity index (χ3n) is 3.47. The fourth-order valence-corrected chi connectivity index (χ4v) is 2.55. The van der Waals surface area contributed by atoms with Gasteiger partial charge in [0, 0.05) is 11.8 Å². The molecule has 112 valence electrons. The van der Waals surface area contributed by atoms with Gasteiger partial charge in [-0.05, 0) is 25.0 Å². The topological polar surface area (TPSA) is 55.1 Å². The van der Waals surface area contributed by atoms with Crippen LogP contribution in [0.4, 0.5) is 0 Å². The molecule has 0 atom stereocenters. The Morgan fingerprint density at radius 1 is 1.29 bits per heavy atom. The predicted octanol–water partition coefficient (Wildman–Crippen LogP) is 4.92. The highest BCUT2D eigenvalue weighted by molar-refractivity contribution is 6.42. The summed E-state index contributed by atoms with van der Waals surface area (Å²) in [5.74, 6) is -1.01. The monoisotopic (exact) mass is 326 g/mol. The quantitative estimate of drug-likeness (QED) is 0.848. The summed E-state index contributed by atoms with van der Waals surface area (Å²) in [6, 6.07) is 5.18. The summed E-state index contributed by atoms with van der Waals surface area (Å²) >= 11 is 11.9. The van der Waals surface area contributed by atoms with E-state index in [4.69, 9.17) is 23.2 Å². The smallest absolute Gasteiger partial charge is 0.339 e.